The molecule has 1 atom stereocenters. The van der Waals surface area contributed by atoms with E-state index in [0.717, 1.165) is 6.54 Å². The maximum atomic E-state index is 11.4. The van der Waals surface area contributed by atoms with E-state index in [1.807, 2.05) is 11.9 Å². The summed E-state index contributed by atoms with van der Waals surface area (Å²) in [5, 5.41) is 9.97. The molecule has 0 bridgehead atoms. The second kappa shape index (κ2) is 6.36. The molecule has 0 saturated heterocycles. The van der Waals surface area contributed by atoms with E-state index in [-0.39, 0.29) is 0 Å². The van der Waals surface area contributed by atoms with Gasteiger partial charge in [-0.25, -0.2) is 4.79 Å². The van der Waals surface area contributed by atoms with Crippen LogP contribution in [0.5, 0.6) is 0 Å². The van der Waals surface area contributed by atoms with Crippen molar-refractivity contribution in [1.29, 1.82) is 0 Å². The van der Waals surface area contributed by atoms with Crippen LogP contribution in [0.15, 0.2) is 0 Å². The molecule has 0 heterocycles. The predicted molar refractivity (Wildman–Crippen MR) is 66.7 cm³/mol. The molecule has 4 heteroatoms. The largest absolute Gasteiger partial charge is 0.467 e. The van der Waals surface area contributed by atoms with E-state index in [2.05, 4.69) is 4.74 Å². The standard InChI is InChI=1S/C13H25NO3/c1-13(16,12(15)17-3)10-14(2)9-11-7-5-4-6-8-11/h11,16H,4-10H2,1-3H3. The van der Waals surface area contributed by atoms with Gasteiger partial charge in [-0.15, -0.1) is 0 Å². The SMILES string of the molecule is COC(=O)C(C)(O)CN(C)CC1CCCCC1. The van der Waals surface area contributed by atoms with Crippen LogP contribution in [-0.4, -0.2) is 48.8 Å². The first-order chi connectivity index (χ1) is 7.95. The van der Waals surface area contributed by atoms with Gasteiger partial charge in [0.05, 0.1) is 7.11 Å². The zero-order chi connectivity index (χ0) is 12.9. The minimum atomic E-state index is -1.40. The Bertz CT molecular complexity index is 247. The van der Waals surface area contributed by atoms with Gasteiger partial charge in [-0.05, 0) is 32.7 Å². The first kappa shape index (κ1) is 14.5. The topological polar surface area (TPSA) is 49.8 Å². The van der Waals surface area contributed by atoms with Crippen LogP contribution in [0.1, 0.15) is 39.0 Å². The number of ether oxygens (including phenoxy) is 1. The van der Waals surface area contributed by atoms with Crippen LogP contribution < -0.4 is 0 Å². The van der Waals surface area contributed by atoms with Gasteiger partial charge in [0.1, 0.15) is 0 Å². The lowest BCUT2D eigenvalue weighted by Gasteiger charge is -2.31. The first-order valence-electron chi connectivity index (χ1n) is 6.45. The summed E-state index contributed by atoms with van der Waals surface area (Å²) in [6, 6.07) is 0. The summed E-state index contributed by atoms with van der Waals surface area (Å²) in [6.45, 7) is 2.79. The molecule has 0 aromatic carbocycles. The van der Waals surface area contributed by atoms with Gasteiger partial charge in [0.2, 0.25) is 0 Å². The maximum absolute atomic E-state index is 11.4. The van der Waals surface area contributed by atoms with Crippen LogP contribution in [0.4, 0.5) is 0 Å². The molecular weight excluding hydrogens is 218 g/mol. The van der Waals surface area contributed by atoms with Crippen molar-refractivity contribution in [2.75, 3.05) is 27.2 Å². The quantitative estimate of drug-likeness (QED) is 0.742. The summed E-state index contributed by atoms with van der Waals surface area (Å²) in [7, 11) is 3.25. The van der Waals surface area contributed by atoms with Crippen LogP contribution in [0, 0.1) is 5.92 Å². The third kappa shape index (κ3) is 4.64. The minimum Gasteiger partial charge on any atom is -0.467 e. The normalized spacial score (nSPS) is 21.2. The van der Waals surface area contributed by atoms with Gasteiger partial charge >= 0.3 is 5.97 Å². The van der Waals surface area contributed by atoms with Gasteiger partial charge in [0.25, 0.3) is 0 Å². The molecular formula is C13H25NO3. The van der Waals surface area contributed by atoms with Crippen LogP contribution in [0.3, 0.4) is 0 Å². The zero-order valence-corrected chi connectivity index (χ0v) is 11.2. The Morgan fingerprint density at radius 3 is 2.53 bits per heavy atom. The van der Waals surface area contributed by atoms with Crippen molar-refractivity contribution < 1.29 is 14.6 Å². The number of carbonyl (C=O) groups is 1. The Labute approximate surface area is 104 Å². The Morgan fingerprint density at radius 1 is 1.41 bits per heavy atom. The molecule has 1 saturated carbocycles. The van der Waals surface area contributed by atoms with E-state index in [1.54, 1.807) is 0 Å². The number of nitrogens with zero attached hydrogens (tertiary/aromatic N) is 1. The number of hydrogen-bond donors (Lipinski definition) is 1. The van der Waals surface area contributed by atoms with Crippen LogP contribution in [-0.2, 0) is 9.53 Å². The Kier molecular flexibility index (Phi) is 5.40. The Morgan fingerprint density at radius 2 is 2.00 bits per heavy atom. The number of rotatable bonds is 5. The molecule has 1 unspecified atom stereocenters. The van der Waals surface area contributed by atoms with E-state index < -0.39 is 11.6 Å². The van der Waals surface area contributed by atoms with Crippen molar-refractivity contribution in [1.82, 2.24) is 4.90 Å². The average molecular weight is 243 g/mol. The molecule has 1 aliphatic rings. The number of methoxy groups -OCH3 is 1. The van der Waals surface area contributed by atoms with Gasteiger partial charge < -0.3 is 14.7 Å². The van der Waals surface area contributed by atoms with Gasteiger partial charge in [-0.3, -0.25) is 0 Å². The van der Waals surface area contributed by atoms with Crippen molar-refractivity contribution in [2.24, 2.45) is 5.92 Å². The molecule has 4 nitrogen and oxygen atoms in total. The van der Waals surface area contributed by atoms with Crippen LogP contribution >= 0.6 is 0 Å². The smallest absolute Gasteiger partial charge is 0.338 e. The molecule has 17 heavy (non-hydrogen) atoms. The van der Waals surface area contributed by atoms with E-state index in [0.29, 0.717) is 12.5 Å². The fourth-order valence-corrected chi connectivity index (χ4v) is 2.69. The monoisotopic (exact) mass is 243 g/mol. The molecule has 0 radical (unpaired) electrons. The molecule has 0 spiro atoms. The molecule has 100 valence electrons. The van der Waals surface area contributed by atoms with E-state index in [4.69, 9.17) is 0 Å². The fourth-order valence-electron chi connectivity index (χ4n) is 2.69. The first-order valence-corrected chi connectivity index (χ1v) is 6.45. The van der Waals surface area contributed by atoms with E-state index in [1.165, 1.54) is 46.1 Å². The van der Waals surface area contributed by atoms with Crippen molar-refractivity contribution in [3.8, 4) is 0 Å². The second-order valence-electron chi connectivity index (χ2n) is 5.47. The highest BCUT2D eigenvalue weighted by Gasteiger charge is 2.33. The fraction of sp³-hybridized carbons (Fsp3) is 0.923. The molecule has 1 rings (SSSR count). The maximum Gasteiger partial charge on any atom is 0.338 e. The molecule has 0 aromatic heterocycles. The van der Waals surface area contributed by atoms with Gasteiger partial charge in [0.15, 0.2) is 5.60 Å². The van der Waals surface area contributed by atoms with Gasteiger partial charge in [-0.1, -0.05) is 19.3 Å². The second-order valence-corrected chi connectivity index (χ2v) is 5.47. The highest BCUT2D eigenvalue weighted by molar-refractivity contribution is 5.78. The Balaban J connectivity index is 2.37. The molecule has 0 aliphatic heterocycles. The highest BCUT2D eigenvalue weighted by Crippen LogP contribution is 2.24. The van der Waals surface area contributed by atoms with Gasteiger partial charge in [-0.2, -0.15) is 0 Å². The Hall–Kier alpha value is -0.610. The number of aliphatic hydroxyl groups is 1. The third-order valence-corrected chi connectivity index (χ3v) is 3.50. The molecule has 0 aromatic rings. The molecule has 0 amide bonds. The summed E-state index contributed by atoms with van der Waals surface area (Å²) in [5.74, 6) is 0.148. The summed E-state index contributed by atoms with van der Waals surface area (Å²) < 4.78 is 4.59. The number of likely N-dealkylation sites (N-methyl/N-ethyl adjacent to an activating group) is 1. The van der Waals surface area contributed by atoms with E-state index >= 15 is 0 Å². The molecule has 1 N–H and O–H groups in total. The number of carbonyl (C=O) groups excluding carboxylic acids is 1. The third-order valence-electron chi connectivity index (χ3n) is 3.50. The lowest BCUT2D eigenvalue weighted by atomic mass is 9.89. The van der Waals surface area contributed by atoms with Crippen molar-refractivity contribution in [3.63, 3.8) is 0 Å². The van der Waals surface area contributed by atoms with Crippen molar-refractivity contribution >= 4 is 5.97 Å². The summed E-state index contributed by atoms with van der Waals surface area (Å²) in [5.41, 5.74) is -1.40. The van der Waals surface area contributed by atoms with Gasteiger partial charge in [0, 0.05) is 13.1 Å². The summed E-state index contributed by atoms with van der Waals surface area (Å²) in [6.07, 6.45) is 6.51. The van der Waals surface area contributed by atoms with Crippen LogP contribution in [0.2, 0.25) is 0 Å². The van der Waals surface area contributed by atoms with Crippen molar-refractivity contribution in [3.05, 3.63) is 0 Å². The lowest BCUT2D eigenvalue weighted by Crippen LogP contribution is -2.47. The average Bonchev–Trinajstić information content (AvgIpc) is 2.28. The minimum absolute atomic E-state index is 0.330. The predicted octanol–water partition coefficient (Wildman–Crippen LogP) is 1.42. The zero-order valence-electron chi connectivity index (χ0n) is 11.2. The van der Waals surface area contributed by atoms with E-state index in [9.17, 15) is 9.90 Å². The van der Waals surface area contributed by atoms with Crippen molar-refractivity contribution in [2.45, 2.75) is 44.6 Å². The number of hydrogen-bond acceptors (Lipinski definition) is 4. The van der Waals surface area contributed by atoms with Crippen LogP contribution in [0.25, 0.3) is 0 Å². The molecule has 1 aliphatic carbocycles. The number of esters is 1. The summed E-state index contributed by atoms with van der Waals surface area (Å²) >= 11 is 0. The molecule has 1 fully saturated rings. The lowest BCUT2D eigenvalue weighted by molar-refractivity contribution is -0.162. The highest BCUT2D eigenvalue weighted by atomic mass is 16.5. The summed E-state index contributed by atoms with van der Waals surface area (Å²) in [4.78, 5) is 13.4.